The molecule has 1 aromatic heterocycles. The van der Waals surface area contributed by atoms with Crippen molar-refractivity contribution in [1.29, 1.82) is 0 Å². The van der Waals surface area contributed by atoms with Crippen LogP contribution in [-0.2, 0) is 24.1 Å². The zero-order valence-corrected chi connectivity index (χ0v) is 22.7. The van der Waals surface area contributed by atoms with Crippen LogP contribution >= 0.6 is 0 Å². The minimum absolute atomic E-state index is 0.0355. The fraction of sp³-hybridized carbons (Fsp3) is 0.448. The molecule has 0 spiro atoms. The van der Waals surface area contributed by atoms with Crippen molar-refractivity contribution in [2.75, 3.05) is 40.5 Å². The van der Waals surface area contributed by atoms with Crippen molar-refractivity contribution in [3.05, 3.63) is 72.3 Å². The molecule has 1 amide bonds. The van der Waals surface area contributed by atoms with E-state index in [9.17, 15) is 18.0 Å². The number of alkyl halides is 3. The molecule has 1 aliphatic rings. The number of amides is 1. The van der Waals surface area contributed by atoms with Crippen molar-refractivity contribution in [2.45, 2.75) is 32.1 Å². The van der Waals surface area contributed by atoms with Gasteiger partial charge in [-0.2, -0.15) is 13.2 Å². The molecule has 1 aliphatic heterocycles. The van der Waals surface area contributed by atoms with Crippen molar-refractivity contribution in [3.63, 3.8) is 0 Å². The number of carbonyl (C=O) groups excluding carboxylic acids is 1. The number of aryl methyl sites for hydroxylation is 1. The highest BCUT2D eigenvalue weighted by Gasteiger charge is 2.33. The third kappa shape index (κ3) is 8.14. The van der Waals surface area contributed by atoms with Crippen molar-refractivity contribution in [1.82, 2.24) is 19.8 Å². The number of imidazole rings is 1. The molecule has 4 rings (SSSR count). The molecule has 1 N–H and O–H groups in total. The summed E-state index contributed by atoms with van der Waals surface area (Å²) in [5.41, 5.74) is 0.244. The van der Waals surface area contributed by atoms with E-state index in [0.717, 1.165) is 30.7 Å². The topological polar surface area (TPSA) is 77.9 Å². The third-order valence-corrected chi connectivity index (χ3v) is 6.94. The Morgan fingerprint density at radius 1 is 1.10 bits per heavy atom. The number of benzene rings is 2. The van der Waals surface area contributed by atoms with Gasteiger partial charge in [0.2, 0.25) is 5.91 Å². The van der Waals surface area contributed by atoms with Gasteiger partial charge in [-0.05, 0) is 48.7 Å². The third-order valence-electron chi connectivity index (χ3n) is 6.94. The molecule has 2 aromatic carbocycles. The van der Waals surface area contributed by atoms with Crippen LogP contribution in [0, 0.1) is 11.8 Å². The number of rotatable bonds is 12. The van der Waals surface area contributed by atoms with Gasteiger partial charge >= 0.3 is 6.18 Å². The Morgan fingerprint density at radius 2 is 1.93 bits per heavy atom. The van der Waals surface area contributed by atoms with E-state index in [2.05, 4.69) is 15.2 Å². The molecule has 40 heavy (non-hydrogen) atoms. The highest BCUT2D eigenvalue weighted by molar-refractivity contribution is 5.79. The smallest absolute Gasteiger partial charge is 0.416 e. The Kier molecular flexibility index (Phi) is 9.92. The van der Waals surface area contributed by atoms with Gasteiger partial charge in [-0.25, -0.2) is 4.98 Å². The lowest BCUT2D eigenvalue weighted by Crippen LogP contribution is -2.47. The summed E-state index contributed by atoms with van der Waals surface area (Å²) in [6.45, 7) is 3.26. The van der Waals surface area contributed by atoms with Crippen LogP contribution in [0.15, 0.2) is 61.2 Å². The highest BCUT2D eigenvalue weighted by atomic mass is 19.4. The van der Waals surface area contributed by atoms with Gasteiger partial charge in [0, 0.05) is 51.0 Å². The first-order chi connectivity index (χ1) is 19.2. The van der Waals surface area contributed by atoms with E-state index < -0.39 is 11.7 Å². The lowest BCUT2D eigenvalue weighted by molar-refractivity contribution is -0.137. The summed E-state index contributed by atoms with van der Waals surface area (Å²) in [7, 11) is 3.16. The second-order valence-electron chi connectivity index (χ2n) is 9.96. The molecule has 216 valence electrons. The van der Waals surface area contributed by atoms with E-state index in [1.807, 2.05) is 29.0 Å². The van der Waals surface area contributed by atoms with Crippen molar-refractivity contribution in [2.24, 2.45) is 11.8 Å². The standard InChI is InChI=1S/C29H35F3N4O4/c1-38-26-8-7-21(14-27(26)39-2)16-36-17-22(19-40-25-6-3-5-24(15-25)29(30,31)32)13-23(18-36)28(37)34-9-4-11-35-12-10-33-20-35/h3,5-8,10,12,14-15,20,22-23H,4,9,11,13,16-19H2,1-2H3,(H,34,37)/t22-,23+/m0/s1. The fourth-order valence-corrected chi connectivity index (χ4v) is 4.99. The Labute approximate surface area is 232 Å². The largest absolute Gasteiger partial charge is 0.493 e. The van der Waals surface area contributed by atoms with Gasteiger partial charge in [0.05, 0.1) is 38.6 Å². The van der Waals surface area contributed by atoms with E-state index in [1.54, 1.807) is 26.7 Å². The van der Waals surface area contributed by atoms with Crippen LogP contribution in [0.2, 0.25) is 0 Å². The lowest BCUT2D eigenvalue weighted by Gasteiger charge is -2.37. The number of piperidine rings is 1. The second kappa shape index (κ2) is 13.6. The predicted molar refractivity (Wildman–Crippen MR) is 143 cm³/mol. The average Bonchev–Trinajstić information content (AvgIpc) is 3.47. The van der Waals surface area contributed by atoms with Crippen LogP contribution in [0.5, 0.6) is 17.2 Å². The first-order valence-electron chi connectivity index (χ1n) is 13.2. The number of hydrogen-bond donors (Lipinski definition) is 1. The van der Waals surface area contributed by atoms with Gasteiger partial charge in [-0.15, -0.1) is 0 Å². The molecule has 2 heterocycles. The molecule has 1 saturated heterocycles. The number of hydrogen-bond acceptors (Lipinski definition) is 6. The minimum Gasteiger partial charge on any atom is -0.493 e. The summed E-state index contributed by atoms with van der Waals surface area (Å²) in [4.78, 5) is 19.4. The monoisotopic (exact) mass is 560 g/mol. The van der Waals surface area contributed by atoms with E-state index >= 15 is 0 Å². The van der Waals surface area contributed by atoms with Crippen molar-refractivity contribution < 1.29 is 32.2 Å². The molecule has 1 fully saturated rings. The summed E-state index contributed by atoms with van der Waals surface area (Å²) in [5.74, 6) is 1.04. The van der Waals surface area contributed by atoms with Crippen LogP contribution in [0.25, 0.3) is 0 Å². The van der Waals surface area contributed by atoms with Gasteiger partial charge in [0.1, 0.15) is 5.75 Å². The lowest BCUT2D eigenvalue weighted by atomic mass is 9.88. The van der Waals surface area contributed by atoms with E-state index in [1.165, 1.54) is 12.1 Å². The molecule has 0 aliphatic carbocycles. The molecule has 2 atom stereocenters. The Hall–Kier alpha value is -3.73. The highest BCUT2D eigenvalue weighted by Crippen LogP contribution is 2.32. The van der Waals surface area contributed by atoms with Crippen LogP contribution < -0.4 is 19.5 Å². The maximum absolute atomic E-state index is 13.2. The summed E-state index contributed by atoms with van der Waals surface area (Å²) >= 11 is 0. The van der Waals surface area contributed by atoms with Crippen LogP contribution in [0.3, 0.4) is 0 Å². The molecule has 0 saturated carbocycles. The molecule has 8 nitrogen and oxygen atoms in total. The summed E-state index contributed by atoms with van der Waals surface area (Å²) in [5, 5.41) is 3.05. The quantitative estimate of drug-likeness (QED) is 0.325. The van der Waals surface area contributed by atoms with Crippen molar-refractivity contribution in [3.8, 4) is 17.2 Å². The van der Waals surface area contributed by atoms with Gasteiger partial charge in [0.25, 0.3) is 0 Å². The Bertz CT molecular complexity index is 1240. The first kappa shape index (κ1) is 29.3. The number of halogens is 3. The molecule has 0 unspecified atom stereocenters. The maximum Gasteiger partial charge on any atom is 0.416 e. The molecule has 11 heteroatoms. The van der Waals surface area contributed by atoms with E-state index in [4.69, 9.17) is 14.2 Å². The number of carbonyl (C=O) groups is 1. The molecule has 0 bridgehead atoms. The zero-order chi connectivity index (χ0) is 28.5. The van der Waals surface area contributed by atoms with E-state index in [0.29, 0.717) is 44.1 Å². The molecular formula is C29H35F3N4O4. The summed E-state index contributed by atoms with van der Waals surface area (Å²) in [6.07, 6.45) is 2.24. The van der Waals surface area contributed by atoms with Crippen molar-refractivity contribution >= 4 is 5.91 Å². The van der Waals surface area contributed by atoms with Gasteiger partial charge < -0.3 is 24.1 Å². The number of methoxy groups -OCH3 is 2. The zero-order valence-electron chi connectivity index (χ0n) is 22.7. The number of ether oxygens (including phenoxy) is 3. The number of likely N-dealkylation sites (tertiary alicyclic amines) is 1. The van der Waals surface area contributed by atoms with Gasteiger partial charge in [-0.3, -0.25) is 9.69 Å². The molecular weight excluding hydrogens is 525 g/mol. The normalized spacial score (nSPS) is 17.8. The average molecular weight is 561 g/mol. The number of nitrogens with zero attached hydrogens (tertiary/aromatic N) is 3. The Morgan fingerprint density at radius 3 is 2.65 bits per heavy atom. The van der Waals surface area contributed by atoms with E-state index in [-0.39, 0.29) is 30.1 Å². The fourth-order valence-electron chi connectivity index (χ4n) is 4.99. The number of aromatic nitrogens is 2. The maximum atomic E-state index is 13.2. The predicted octanol–water partition coefficient (Wildman–Crippen LogP) is 4.64. The summed E-state index contributed by atoms with van der Waals surface area (Å²) in [6, 6.07) is 10.6. The SMILES string of the molecule is COc1ccc(CN2C[C@@H](COc3cccc(C(F)(F)F)c3)C[C@@H](C(=O)NCCCn3ccnc3)C2)cc1OC. The van der Waals surface area contributed by atoms with Crippen LogP contribution in [0.1, 0.15) is 24.0 Å². The van der Waals surface area contributed by atoms with Gasteiger partial charge in [-0.1, -0.05) is 12.1 Å². The van der Waals surface area contributed by atoms with Crippen LogP contribution in [0.4, 0.5) is 13.2 Å². The first-order valence-corrected chi connectivity index (χ1v) is 13.2. The Balaban J connectivity index is 1.41. The van der Waals surface area contributed by atoms with Gasteiger partial charge in [0.15, 0.2) is 11.5 Å². The second-order valence-corrected chi connectivity index (χ2v) is 9.96. The molecule has 3 aromatic rings. The minimum atomic E-state index is -4.44. The number of nitrogens with one attached hydrogen (secondary N) is 1. The van der Waals surface area contributed by atoms with Crippen LogP contribution in [-0.4, -0.2) is 60.8 Å². The molecule has 0 radical (unpaired) electrons. The summed E-state index contributed by atoms with van der Waals surface area (Å²) < 4.78 is 58.0.